The molecule has 0 radical (unpaired) electrons. The average molecular weight is 563 g/mol. The van der Waals surface area contributed by atoms with Gasteiger partial charge in [-0.25, -0.2) is 4.79 Å². The molecule has 0 aliphatic rings. The minimum atomic E-state index is -1.24. The zero-order valence-corrected chi connectivity index (χ0v) is 23.9. The van der Waals surface area contributed by atoms with Crippen molar-refractivity contribution in [2.45, 2.75) is 70.1 Å². The second-order valence-electron chi connectivity index (χ2n) is 9.82. The number of benzene rings is 2. The van der Waals surface area contributed by atoms with E-state index in [1.54, 1.807) is 12.2 Å². The van der Waals surface area contributed by atoms with Gasteiger partial charge in [-0.2, -0.15) is 0 Å². The quantitative estimate of drug-likeness (QED) is 0.144. The van der Waals surface area contributed by atoms with Gasteiger partial charge in [-0.15, -0.1) is 13.2 Å². The second kappa shape index (κ2) is 19.0. The number of unbranched alkanes of at least 4 members (excludes halogenated alkanes) is 2. The third-order valence-corrected chi connectivity index (χ3v) is 6.61. The lowest BCUT2D eigenvalue weighted by Crippen LogP contribution is -2.53. The number of ether oxygens (including phenoxy) is 2. The Hall–Kier alpha value is -4.20. The summed E-state index contributed by atoms with van der Waals surface area (Å²) in [5.41, 5.74) is 1.77. The summed E-state index contributed by atoms with van der Waals surface area (Å²) in [6, 6.07) is 16.6. The normalized spacial score (nSPS) is 12.7. The predicted molar refractivity (Wildman–Crippen MR) is 158 cm³/mol. The van der Waals surface area contributed by atoms with Gasteiger partial charge in [0.15, 0.2) is 0 Å². The monoisotopic (exact) mass is 562 g/mol. The number of methoxy groups -OCH3 is 1. The van der Waals surface area contributed by atoms with Gasteiger partial charge in [-0.05, 0) is 49.7 Å². The van der Waals surface area contributed by atoms with Gasteiger partial charge in [0.05, 0.1) is 13.5 Å². The van der Waals surface area contributed by atoms with Gasteiger partial charge in [-0.1, -0.05) is 79.2 Å². The van der Waals surface area contributed by atoms with Gasteiger partial charge in [0.2, 0.25) is 11.8 Å². The highest BCUT2D eigenvalue weighted by Crippen LogP contribution is 2.16. The van der Waals surface area contributed by atoms with Crippen molar-refractivity contribution in [1.82, 2.24) is 10.6 Å². The first kappa shape index (κ1) is 33.0. The van der Waals surface area contributed by atoms with E-state index in [0.29, 0.717) is 32.1 Å². The van der Waals surface area contributed by atoms with Crippen molar-refractivity contribution in [2.24, 2.45) is 5.92 Å². The van der Waals surface area contributed by atoms with E-state index < -0.39 is 42.3 Å². The third-order valence-electron chi connectivity index (χ3n) is 6.61. The molecule has 3 atom stereocenters. The summed E-state index contributed by atoms with van der Waals surface area (Å²) in [7, 11) is 1.25. The van der Waals surface area contributed by atoms with Crippen LogP contribution in [-0.4, -0.2) is 42.9 Å². The van der Waals surface area contributed by atoms with E-state index in [0.717, 1.165) is 24.0 Å². The Morgan fingerprint density at radius 1 is 0.780 bits per heavy atom. The number of carbonyl (C=O) groups is 4. The van der Waals surface area contributed by atoms with Crippen LogP contribution in [0.3, 0.4) is 0 Å². The number of rotatable bonds is 19. The van der Waals surface area contributed by atoms with Crippen LogP contribution in [0.5, 0.6) is 0 Å². The maximum Gasteiger partial charge on any atom is 0.328 e. The van der Waals surface area contributed by atoms with Crippen molar-refractivity contribution in [1.29, 1.82) is 0 Å². The highest BCUT2D eigenvalue weighted by molar-refractivity contribution is 5.93. The summed E-state index contributed by atoms with van der Waals surface area (Å²) < 4.78 is 10.3. The number of esters is 2. The number of hydrogen-bond acceptors (Lipinski definition) is 6. The van der Waals surface area contributed by atoms with E-state index >= 15 is 0 Å². The summed E-state index contributed by atoms with van der Waals surface area (Å²) in [6.45, 7) is 7.49. The molecule has 0 spiro atoms. The lowest BCUT2D eigenvalue weighted by atomic mass is 9.93. The first-order valence-corrected chi connectivity index (χ1v) is 14.0. The van der Waals surface area contributed by atoms with E-state index in [-0.39, 0.29) is 12.5 Å². The van der Waals surface area contributed by atoms with Crippen LogP contribution in [0.4, 0.5) is 0 Å². The van der Waals surface area contributed by atoms with Crippen LogP contribution in [-0.2, 0) is 41.7 Å². The minimum absolute atomic E-state index is 0.0337. The fraction of sp³-hybridized carbons (Fsp3) is 0.394. The van der Waals surface area contributed by atoms with E-state index in [4.69, 9.17) is 9.47 Å². The maximum absolute atomic E-state index is 13.5. The molecule has 0 aliphatic heterocycles. The van der Waals surface area contributed by atoms with Gasteiger partial charge in [-0.3, -0.25) is 14.4 Å². The van der Waals surface area contributed by atoms with Gasteiger partial charge in [0.25, 0.3) is 0 Å². The van der Waals surface area contributed by atoms with Crippen molar-refractivity contribution < 1.29 is 28.7 Å². The van der Waals surface area contributed by atoms with Crippen molar-refractivity contribution in [3.05, 3.63) is 97.1 Å². The topological polar surface area (TPSA) is 111 Å². The van der Waals surface area contributed by atoms with Gasteiger partial charge in [0.1, 0.15) is 18.7 Å². The molecule has 0 bridgehead atoms. The molecule has 0 saturated carbocycles. The smallest absolute Gasteiger partial charge is 0.328 e. The van der Waals surface area contributed by atoms with E-state index in [1.165, 1.54) is 7.11 Å². The molecule has 0 aliphatic carbocycles. The Bertz CT molecular complexity index is 1120. The van der Waals surface area contributed by atoms with Crippen LogP contribution in [0, 0.1) is 5.92 Å². The fourth-order valence-electron chi connectivity index (χ4n) is 4.31. The van der Waals surface area contributed by atoms with Crippen LogP contribution in [0.25, 0.3) is 0 Å². The number of carbonyl (C=O) groups excluding carboxylic acids is 4. The Balaban J connectivity index is 2.19. The number of hydrogen-bond donors (Lipinski definition) is 2. The Labute approximate surface area is 243 Å². The molecule has 2 aromatic carbocycles. The maximum atomic E-state index is 13.5. The van der Waals surface area contributed by atoms with E-state index in [1.807, 2.05) is 60.7 Å². The lowest BCUT2D eigenvalue weighted by molar-refractivity contribution is -0.148. The average Bonchev–Trinajstić information content (AvgIpc) is 2.99. The minimum Gasteiger partial charge on any atom is -0.467 e. The van der Waals surface area contributed by atoms with Crippen molar-refractivity contribution in [3.63, 3.8) is 0 Å². The number of amides is 2. The van der Waals surface area contributed by atoms with Crippen LogP contribution in [0.1, 0.15) is 56.1 Å². The molecule has 2 amide bonds. The van der Waals surface area contributed by atoms with Gasteiger partial charge >= 0.3 is 11.9 Å². The number of allylic oxidation sites excluding steroid dienone is 2. The molecular weight excluding hydrogens is 520 g/mol. The zero-order valence-electron chi connectivity index (χ0n) is 23.9. The molecule has 0 heterocycles. The zero-order chi connectivity index (χ0) is 29.9. The molecule has 8 heteroatoms. The summed E-state index contributed by atoms with van der Waals surface area (Å²) in [5.74, 6) is -2.73. The summed E-state index contributed by atoms with van der Waals surface area (Å²) in [5, 5.41) is 5.45. The van der Waals surface area contributed by atoms with Gasteiger partial charge in [0, 0.05) is 5.92 Å². The lowest BCUT2D eigenvalue weighted by Gasteiger charge is -2.24. The molecule has 2 rings (SSSR count). The molecule has 1 unspecified atom stereocenters. The van der Waals surface area contributed by atoms with E-state index in [2.05, 4.69) is 23.8 Å². The Morgan fingerprint density at radius 2 is 1.39 bits per heavy atom. The fourth-order valence-corrected chi connectivity index (χ4v) is 4.31. The molecule has 0 saturated heterocycles. The second-order valence-corrected chi connectivity index (χ2v) is 9.82. The molecule has 0 fully saturated rings. The number of nitrogens with one attached hydrogen (secondary N) is 2. The molecule has 220 valence electrons. The molecular formula is C33H42N2O6. The SMILES string of the molecule is C=CCCCC[C@H](NC(=O)[C@H](CC(=O)OCc1ccccc1)NC(=O)C(CCC=C)Cc1ccccc1)C(=O)OC. The molecule has 0 aromatic heterocycles. The summed E-state index contributed by atoms with van der Waals surface area (Å²) >= 11 is 0. The van der Waals surface area contributed by atoms with Crippen LogP contribution >= 0.6 is 0 Å². The summed E-state index contributed by atoms with van der Waals surface area (Å²) in [4.78, 5) is 52.1. The highest BCUT2D eigenvalue weighted by atomic mass is 16.5. The van der Waals surface area contributed by atoms with Crippen molar-refractivity contribution in [3.8, 4) is 0 Å². The van der Waals surface area contributed by atoms with Crippen LogP contribution in [0.2, 0.25) is 0 Å². The molecule has 41 heavy (non-hydrogen) atoms. The molecule has 8 nitrogen and oxygen atoms in total. The predicted octanol–water partition coefficient (Wildman–Crippen LogP) is 4.83. The summed E-state index contributed by atoms with van der Waals surface area (Å²) in [6.07, 6.45) is 7.30. The Kier molecular flexibility index (Phi) is 15.3. The van der Waals surface area contributed by atoms with Gasteiger partial charge < -0.3 is 20.1 Å². The Morgan fingerprint density at radius 3 is 2.00 bits per heavy atom. The standard InChI is InChI=1S/C33H42N2O6/c1-4-6-8-15-21-28(33(39)40-3)34-32(38)29(23-30(36)41-24-26-18-13-10-14-19-26)35-31(37)27(20-7-5-2)22-25-16-11-9-12-17-25/h4-5,9-14,16-19,27-29H,1-2,6-8,15,20-24H2,3H3,(H,34,38)(H,35,37)/t27?,28-,29-/m0/s1. The molecule has 2 aromatic rings. The first-order valence-electron chi connectivity index (χ1n) is 14.0. The molecule has 2 N–H and O–H groups in total. The van der Waals surface area contributed by atoms with Crippen molar-refractivity contribution >= 4 is 23.8 Å². The van der Waals surface area contributed by atoms with Crippen LogP contribution < -0.4 is 10.6 Å². The first-order chi connectivity index (χ1) is 19.9. The van der Waals surface area contributed by atoms with E-state index in [9.17, 15) is 19.2 Å². The van der Waals surface area contributed by atoms with Crippen molar-refractivity contribution in [2.75, 3.05) is 7.11 Å². The third kappa shape index (κ3) is 12.7. The van der Waals surface area contributed by atoms with Crippen LogP contribution in [0.15, 0.2) is 86.0 Å². The largest absolute Gasteiger partial charge is 0.467 e. The highest BCUT2D eigenvalue weighted by Gasteiger charge is 2.31.